The molecule has 3 aromatic rings. The number of amides is 1. The molecular formula is C26H27N5O. The third kappa shape index (κ3) is 4.04. The molecule has 2 atom stereocenters. The maximum atomic E-state index is 13.2. The smallest absolute Gasteiger partial charge is 0.240 e. The third-order valence-electron chi connectivity index (χ3n) is 6.72. The van der Waals surface area contributed by atoms with E-state index in [4.69, 9.17) is 5.26 Å². The number of rotatable bonds is 6. The van der Waals surface area contributed by atoms with Gasteiger partial charge in [0, 0.05) is 25.8 Å². The van der Waals surface area contributed by atoms with Gasteiger partial charge in [-0.3, -0.25) is 4.79 Å². The normalized spacial score (nSPS) is 20.2. The Morgan fingerprint density at radius 3 is 2.81 bits per heavy atom. The van der Waals surface area contributed by atoms with Gasteiger partial charge in [-0.2, -0.15) is 5.26 Å². The number of hydrogen-bond donors (Lipinski definition) is 1. The van der Waals surface area contributed by atoms with Crippen molar-refractivity contribution in [3.05, 3.63) is 89.0 Å². The van der Waals surface area contributed by atoms with Gasteiger partial charge in [0.25, 0.3) is 0 Å². The maximum absolute atomic E-state index is 13.2. The molecule has 1 N–H and O–H groups in total. The fourth-order valence-electron chi connectivity index (χ4n) is 5.00. The van der Waals surface area contributed by atoms with Gasteiger partial charge in [-0.25, -0.2) is 4.98 Å². The SMILES string of the molecule is N#Cc1ccc(Cn2cncc2CN[C@H]2CCN(C3CCCc4ccccc43)C2=O)cc1. The van der Waals surface area contributed by atoms with E-state index in [-0.39, 0.29) is 18.0 Å². The number of nitrogens with one attached hydrogen (secondary N) is 1. The molecule has 0 radical (unpaired) electrons. The summed E-state index contributed by atoms with van der Waals surface area (Å²) in [6.45, 7) is 2.09. The summed E-state index contributed by atoms with van der Waals surface area (Å²) in [5.41, 5.74) is 5.53. The minimum absolute atomic E-state index is 0.151. The quantitative estimate of drug-likeness (QED) is 0.655. The topological polar surface area (TPSA) is 74.0 Å². The van der Waals surface area contributed by atoms with Crippen molar-refractivity contribution in [2.45, 2.75) is 50.9 Å². The number of nitrogens with zero attached hydrogens (tertiary/aromatic N) is 4. The fraction of sp³-hybridized carbons (Fsp3) is 0.346. The van der Waals surface area contributed by atoms with Crippen molar-refractivity contribution in [2.75, 3.05) is 6.54 Å². The van der Waals surface area contributed by atoms with Gasteiger partial charge < -0.3 is 14.8 Å². The fourth-order valence-corrected chi connectivity index (χ4v) is 5.00. The Hall–Kier alpha value is -3.43. The van der Waals surface area contributed by atoms with Crippen LogP contribution in [0.1, 0.15) is 53.3 Å². The Kier molecular flexibility index (Phi) is 5.74. The summed E-state index contributed by atoms with van der Waals surface area (Å²) in [5.74, 6) is 0.213. The molecule has 1 amide bonds. The number of imidazole rings is 1. The number of aromatic nitrogens is 2. The van der Waals surface area contributed by atoms with Crippen LogP contribution in [0.5, 0.6) is 0 Å². The highest BCUT2D eigenvalue weighted by Crippen LogP contribution is 2.36. The summed E-state index contributed by atoms with van der Waals surface area (Å²) >= 11 is 0. The molecule has 1 fully saturated rings. The van der Waals surface area contributed by atoms with E-state index in [0.29, 0.717) is 18.7 Å². The number of fused-ring (bicyclic) bond motifs is 1. The van der Waals surface area contributed by atoms with E-state index in [9.17, 15) is 4.79 Å². The van der Waals surface area contributed by atoms with Crippen LogP contribution in [0.4, 0.5) is 0 Å². The standard InChI is InChI=1S/C26H27N5O/c27-14-19-8-10-20(11-9-19)17-30-18-28-15-22(30)16-29-24-12-13-31(26(24)32)25-7-3-5-21-4-1-2-6-23(21)25/h1-2,4,6,8-11,15,18,24-25,29H,3,5,7,12-13,16-17H2/t24-,25?/m0/s1. The van der Waals surface area contributed by atoms with Crippen molar-refractivity contribution in [2.24, 2.45) is 0 Å². The minimum Gasteiger partial charge on any atom is -0.334 e. The Balaban J connectivity index is 1.22. The molecule has 32 heavy (non-hydrogen) atoms. The van der Waals surface area contributed by atoms with E-state index in [1.165, 1.54) is 11.1 Å². The average molecular weight is 426 g/mol. The zero-order valence-electron chi connectivity index (χ0n) is 18.1. The second kappa shape index (κ2) is 8.97. The van der Waals surface area contributed by atoms with Crippen LogP contribution in [0.15, 0.2) is 61.1 Å². The van der Waals surface area contributed by atoms with Crippen molar-refractivity contribution in [3.63, 3.8) is 0 Å². The molecule has 2 aromatic carbocycles. The van der Waals surface area contributed by atoms with E-state index in [1.807, 2.05) is 36.8 Å². The predicted molar refractivity (Wildman–Crippen MR) is 122 cm³/mol. The van der Waals surface area contributed by atoms with Crippen molar-refractivity contribution in [1.29, 1.82) is 5.26 Å². The Labute approximate surface area is 188 Å². The third-order valence-corrected chi connectivity index (χ3v) is 6.72. The zero-order valence-corrected chi connectivity index (χ0v) is 18.1. The molecule has 0 bridgehead atoms. The first kappa shape index (κ1) is 20.5. The lowest BCUT2D eigenvalue weighted by atomic mass is 9.87. The number of likely N-dealkylation sites (tertiary alicyclic amines) is 1. The largest absolute Gasteiger partial charge is 0.334 e. The molecule has 2 heterocycles. The summed E-state index contributed by atoms with van der Waals surface area (Å²) in [5, 5.41) is 12.4. The van der Waals surface area contributed by atoms with Gasteiger partial charge in [0.2, 0.25) is 5.91 Å². The highest BCUT2D eigenvalue weighted by Gasteiger charge is 2.37. The summed E-state index contributed by atoms with van der Waals surface area (Å²) in [4.78, 5) is 19.6. The number of hydrogen-bond acceptors (Lipinski definition) is 4. The van der Waals surface area contributed by atoms with Gasteiger partial charge in [-0.1, -0.05) is 36.4 Å². The van der Waals surface area contributed by atoms with Crippen molar-refractivity contribution in [1.82, 2.24) is 19.8 Å². The predicted octanol–water partition coefficient (Wildman–Crippen LogP) is 3.57. The van der Waals surface area contributed by atoms with Crippen molar-refractivity contribution < 1.29 is 4.79 Å². The Morgan fingerprint density at radius 1 is 1.12 bits per heavy atom. The summed E-state index contributed by atoms with van der Waals surface area (Å²) in [6, 6.07) is 18.4. The summed E-state index contributed by atoms with van der Waals surface area (Å²) in [6.07, 6.45) is 7.80. The van der Waals surface area contributed by atoms with E-state index >= 15 is 0 Å². The lowest BCUT2D eigenvalue weighted by Crippen LogP contribution is -2.40. The van der Waals surface area contributed by atoms with Gasteiger partial charge in [-0.15, -0.1) is 0 Å². The molecule has 162 valence electrons. The maximum Gasteiger partial charge on any atom is 0.240 e. The highest BCUT2D eigenvalue weighted by atomic mass is 16.2. The van der Waals surface area contributed by atoms with E-state index in [1.54, 1.807) is 0 Å². The molecule has 1 aliphatic carbocycles. The van der Waals surface area contributed by atoms with Crippen LogP contribution < -0.4 is 5.32 Å². The first-order valence-corrected chi connectivity index (χ1v) is 11.3. The van der Waals surface area contributed by atoms with E-state index in [2.05, 4.69) is 50.1 Å². The van der Waals surface area contributed by atoms with Gasteiger partial charge >= 0.3 is 0 Å². The molecule has 5 rings (SSSR count). The monoisotopic (exact) mass is 425 g/mol. The molecule has 1 aromatic heterocycles. The lowest BCUT2D eigenvalue weighted by Gasteiger charge is -2.33. The summed E-state index contributed by atoms with van der Waals surface area (Å²) < 4.78 is 2.09. The van der Waals surface area contributed by atoms with Gasteiger partial charge in [0.05, 0.1) is 35.7 Å². The highest BCUT2D eigenvalue weighted by molar-refractivity contribution is 5.84. The lowest BCUT2D eigenvalue weighted by molar-refractivity contribution is -0.131. The van der Waals surface area contributed by atoms with Crippen molar-refractivity contribution in [3.8, 4) is 6.07 Å². The van der Waals surface area contributed by atoms with Crippen molar-refractivity contribution >= 4 is 5.91 Å². The van der Waals surface area contributed by atoms with Gasteiger partial charge in [-0.05, 0) is 54.5 Å². The van der Waals surface area contributed by atoms with Gasteiger partial charge in [0.15, 0.2) is 0 Å². The molecule has 0 spiro atoms. The molecular weight excluding hydrogens is 398 g/mol. The van der Waals surface area contributed by atoms with E-state index < -0.39 is 0 Å². The number of nitriles is 1. The van der Waals surface area contributed by atoms with Crippen LogP contribution in [0.3, 0.4) is 0 Å². The van der Waals surface area contributed by atoms with Crippen LogP contribution in [0.25, 0.3) is 0 Å². The van der Waals surface area contributed by atoms with Crippen LogP contribution >= 0.6 is 0 Å². The molecule has 1 saturated heterocycles. The number of aryl methyl sites for hydroxylation is 1. The van der Waals surface area contributed by atoms with Crippen LogP contribution in [0, 0.1) is 11.3 Å². The second-order valence-corrected chi connectivity index (χ2v) is 8.68. The number of carbonyl (C=O) groups is 1. The molecule has 6 nitrogen and oxygen atoms in total. The summed E-state index contributed by atoms with van der Waals surface area (Å²) in [7, 11) is 0. The molecule has 1 aliphatic heterocycles. The Morgan fingerprint density at radius 2 is 1.97 bits per heavy atom. The average Bonchev–Trinajstić information content (AvgIpc) is 3.43. The van der Waals surface area contributed by atoms with Crippen LogP contribution in [0.2, 0.25) is 0 Å². The second-order valence-electron chi connectivity index (χ2n) is 8.68. The first-order valence-electron chi connectivity index (χ1n) is 11.3. The molecule has 0 saturated carbocycles. The number of carbonyl (C=O) groups excluding carboxylic acids is 1. The molecule has 6 heteroatoms. The Bertz CT molecular complexity index is 1140. The van der Waals surface area contributed by atoms with E-state index in [0.717, 1.165) is 43.5 Å². The van der Waals surface area contributed by atoms with Crippen LogP contribution in [-0.4, -0.2) is 32.9 Å². The molecule has 1 unspecified atom stereocenters. The zero-order chi connectivity index (χ0) is 21.9. The molecule has 2 aliphatic rings. The number of benzene rings is 2. The first-order chi connectivity index (χ1) is 15.7. The minimum atomic E-state index is -0.151. The van der Waals surface area contributed by atoms with Crippen LogP contribution in [-0.2, 0) is 24.3 Å². The van der Waals surface area contributed by atoms with Gasteiger partial charge in [0.1, 0.15) is 0 Å².